The third kappa shape index (κ3) is 2.99. The van der Waals surface area contributed by atoms with Gasteiger partial charge >= 0.3 is 0 Å². The summed E-state index contributed by atoms with van der Waals surface area (Å²) in [4.78, 5) is 18.1. The molecule has 1 aliphatic heterocycles. The maximum atomic E-state index is 13.1. The van der Waals surface area contributed by atoms with Crippen LogP contribution in [0.4, 0.5) is 0 Å². The number of carbonyl (C=O) groups excluding carboxylic acids is 1. The molecule has 1 N–H and O–H groups in total. The van der Waals surface area contributed by atoms with E-state index in [1.165, 1.54) is 0 Å². The molecule has 1 saturated heterocycles. The molecule has 1 aliphatic rings. The Bertz CT molecular complexity index is 943. The SMILES string of the molecule is Cc1ccc2cc(C(=O)N3CCOC[C@H]3c3nnc(C(C)C)o3)[nH]c2c1. The van der Waals surface area contributed by atoms with Gasteiger partial charge in [-0.25, -0.2) is 0 Å². The second-order valence-electron chi connectivity index (χ2n) is 7.00. The standard InChI is InChI=1S/C19H22N4O3/c1-11(2)17-21-22-18(26-17)16-10-25-7-6-23(16)19(24)15-9-13-5-4-12(3)8-14(13)20-15/h4-5,8-9,11,16,20H,6-7,10H2,1-3H3/t16-/m0/s1. The second-order valence-corrected chi connectivity index (χ2v) is 7.00. The highest BCUT2D eigenvalue weighted by Crippen LogP contribution is 2.27. The van der Waals surface area contributed by atoms with Crippen LogP contribution in [0.2, 0.25) is 0 Å². The minimum atomic E-state index is -0.371. The van der Waals surface area contributed by atoms with Crippen LogP contribution < -0.4 is 0 Å². The summed E-state index contributed by atoms with van der Waals surface area (Å²) < 4.78 is 11.3. The van der Waals surface area contributed by atoms with Crippen LogP contribution in [-0.4, -0.2) is 45.7 Å². The van der Waals surface area contributed by atoms with Crippen molar-refractivity contribution in [3.05, 3.63) is 47.3 Å². The van der Waals surface area contributed by atoms with E-state index in [4.69, 9.17) is 9.15 Å². The van der Waals surface area contributed by atoms with Crippen molar-refractivity contribution in [1.82, 2.24) is 20.1 Å². The Balaban J connectivity index is 1.64. The Kier molecular flexibility index (Phi) is 4.24. The second kappa shape index (κ2) is 6.57. The number of nitrogens with zero attached hydrogens (tertiary/aromatic N) is 3. The van der Waals surface area contributed by atoms with Crippen LogP contribution in [0.25, 0.3) is 10.9 Å². The van der Waals surface area contributed by atoms with Gasteiger partial charge in [-0.1, -0.05) is 26.0 Å². The highest BCUT2D eigenvalue weighted by molar-refractivity contribution is 5.98. The molecular weight excluding hydrogens is 332 g/mol. The number of ether oxygens (including phenoxy) is 1. The first-order valence-corrected chi connectivity index (χ1v) is 8.84. The summed E-state index contributed by atoms with van der Waals surface area (Å²) in [6.07, 6.45) is 0. The van der Waals surface area contributed by atoms with Gasteiger partial charge in [0.1, 0.15) is 11.7 Å². The zero-order chi connectivity index (χ0) is 18.3. The lowest BCUT2D eigenvalue weighted by molar-refractivity contribution is -0.0110. The Morgan fingerprint density at radius 1 is 1.31 bits per heavy atom. The van der Waals surface area contributed by atoms with E-state index >= 15 is 0 Å². The van der Waals surface area contributed by atoms with Crippen LogP contribution in [-0.2, 0) is 4.74 Å². The monoisotopic (exact) mass is 354 g/mol. The zero-order valence-corrected chi connectivity index (χ0v) is 15.2. The smallest absolute Gasteiger partial charge is 0.271 e. The number of morpholine rings is 1. The topological polar surface area (TPSA) is 84.2 Å². The maximum absolute atomic E-state index is 13.1. The van der Waals surface area contributed by atoms with Gasteiger partial charge in [-0.2, -0.15) is 0 Å². The van der Waals surface area contributed by atoms with Crippen molar-refractivity contribution in [2.45, 2.75) is 32.7 Å². The predicted octanol–water partition coefficient (Wildman–Crippen LogP) is 3.20. The third-order valence-corrected chi connectivity index (χ3v) is 4.63. The van der Waals surface area contributed by atoms with Crippen molar-refractivity contribution in [2.24, 2.45) is 0 Å². The molecular formula is C19H22N4O3. The van der Waals surface area contributed by atoms with Gasteiger partial charge in [0.25, 0.3) is 5.91 Å². The normalized spacial score (nSPS) is 18.0. The molecule has 1 fully saturated rings. The fourth-order valence-electron chi connectivity index (χ4n) is 3.18. The number of fused-ring (bicyclic) bond motifs is 1. The Morgan fingerprint density at radius 3 is 2.92 bits per heavy atom. The summed E-state index contributed by atoms with van der Waals surface area (Å²) in [7, 11) is 0. The van der Waals surface area contributed by atoms with E-state index in [1.54, 1.807) is 4.90 Å². The van der Waals surface area contributed by atoms with Crippen molar-refractivity contribution in [3.63, 3.8) is 0 Å². The molecule has 26 heavy (non-hydrogen) atoms. The molecule has 3 heterocycles. The molecule has 3 aromatic rings. The first-order chi connectivity index (χ1) is 12.5. The van der Waals surface area contributed by atoms with Gasteiger partial charge in [0.05, 0.1) is 13.2 Å². The third-order valence-electron chi connectivity index (χ3n) is 4.63. The number of aromatic nitrogens is 3. The summed E-state index contributed by atoms with van der Waals surface area (Å²) >= 11 is 0. The predicted molar refractivity (Wildman–Crippen MR) is 96.0 cm³/mol. The van der Waals surface area contributed by atoms with E-state index in [0.717, 1.165) is 16.5 Å². The average molecular weight is 354 g/mol. The number of benzene rings is 1. The molecule has 0 radical (unpaired) electrons. The number of rotatable bonds is 3. The molecule has 7 nitrogen and oxygen atoms in total. The number of hydrogen-bond donors (Lipinski definition) is 1. The number of nitrogens with one attached hydrogen (secondary N) is 1. The Labute approximate surface area is 151 Å². The van der Waals surface area contributed by atoms with Gasteiger partial charge in [0.2, 0.25) is 11.8 Å². The van der Waals surface area contributed by atoms with Crippen molar-refractivity contribution >= 4 is 16.8 Å². The molecule has 0 unspecified atom stereocenters. The van der Waals surface area contributed by atoms with Crippen LogP contribution in [0.3, 0.4) is 0 Å². The Hall–Kier alpha value is -2.67. The van der Waals surface area contributed by atoms with Crippen LogP contribution in [0.15, 0.2) is 28.7 Å². The number of hydrogen-bond acceptors (Lipinski definition) is 5. The van der Waals surface area contributed by atoms with Gasteiger partial charge in [-0.05, 0) is 24.6 Å². The van der Waals surface area contributed by atoms with Crippen molar-refractivity contribution < 1.29 is 13.9 Å². The van der Waals surface area contributed by atoms with Crippen LogP contribution in [0.1, 0.15) is 53.6 Å². The lowest BCUT2D eigenvalue weighted by Gasteiger charge is -2.33. The fourth-order valence-corrected chi connectivity index (χ4v) is 3.18. The van der Waals surface area contributed by atoms with Crippen molar-refractivity contribution in [2.75, 3.05) is 19.8 Å². The molecule has 1 atom stereocenters. The molecule has 0 aliphatic carbocycles. The van der Waals surface area contributed by atoms with Gasteiger partial charge < -0.3 is 19.0 Å². The van der Waals surface area contributed by atoms with Gasteiger partial charge in [-0.15, -0.1) is 10.2 Å². The molecule has 0 spiro atoms. The van der Waals surface area contributed by atoms with Crippen molar-refractivity contribution in [3.8, 4) is 0 Å². The van der Waals surface area contributed by atoms with E-state index < -0.39 is 0 Å². The Morgan fingerprint density at radius 2 is 2.15 bits per heavy atom. The first kappa shape index (κ1) is 16.8. The van der Waals surface area contributed by atoms with E-state index in [1.807, 2.05) is 45.0 Å². The van der Waals surface area contributed by atoms with Crippen LogP contribution in [0, 0.1) is 6.92 Å². The highest BCUT2D eigenvalue weighted by Gasteiger charge is 2.34. The number of carbonyl (C=O) groups is 1. The summed E-state index contributed by atoms with van der Waals surface area (Å²) in [6, 6.07) is 7.60. The molecule has 1 aromatic carbocycles. The van der Waals surface area contributed by atoms with E-state index in [2.05, 4.69) is 15.2 Å². The number of H-pyrrole nitrogens is 1. The van der Waals surface area contributed by atoms with Crippen LogP contribution in [0.5, 0.6) is 0 Å². The summed E-state index contributed by atoms with van der Waals surface area (Å²) in [5.41, 5.74) is 2.66. The quantitative estimate of drug-likeness (QED) is 0.781. The van der Waals surface area contributed by atoms with E-state index in [9.17, 15) is 4.79 Å². The highest BCUT2D eigenvalue weighted by atomic mass is 16.5. The van der Waals surface area contributed by atoms with Gasteiger partial charge in [-0.3, -0.25) is 4.79 Å². The maximum Gasteiger partial charge on any atom is 0.271 e. The average Bonchev–Trinajstić information content (AvgIpc) is 3.28. The lowest BCUT2D eigenvalue weighted by atomic mass is 10.2. The van der Waals surface area contributed by atoms with Gasteiger partial charge in [0.15, 0.2) is 0 Å². The molecule has 136 valence electrons. The molecule has 0 saturated carbocycles. The first-order valence-electron chi connectivity index (χ1n) is 8.84. The molecule has 1 amide bonds. The fraction of sp³-hybridized carbons (Fsp3) is 0.421. The van der Waals surface area contributed by atoms with Crippen LogP contribution >= 0.6 is 0 Å². The van der Waals surface area contributed by atoms with E-state index in [0.29, 0.717) is 37.2 Å². The molecule has 4 rings (SSSR count). The molecule has 2 aromatic heterocycles. The zero-order valence-electron chi connectivity index (χ0n) is 15.2. The number of amides is 1. The minimum absolute atomic E-state index is 0.0866. The minimum Gasteiger partial charge on any atom is -0.423 e. The largest absolute Gasteiger partial charge is 0.423 e. The number of aryl methyl sites for hydroxylation is 1. The summed E-state index contributed by atoms with van der Waals surface area (Å²) in [5, 5.41) is 9.24. The lowest BCUT2D eigenvalue weighted by Crippen LogP contribution is -2.43. The molecule has 7 heteroatoms. The van der Waals surface area contributed by atoms with E-state index in [-0.39, 0.29) is 17.9 Å². The number of aromatic amines is 1. The summed E-state index contributed by atoms with van der Waals surface area (Å²) in [5.74, 6) is 1.05. The van der Waals surface area contributed by atoms with Gasteiger partial charge in [0, 0.05) is 23.4 Å². The van der Waals surface area contributed by atoms with Crippen molar-refractivity contribution in [1.29, 1.82) is 0 Å². The summed E-state index contributed by atoms with van der Waals surface area (Å²) in [6.45, 7) is 7.34. The molecule has 0 bridgehead atoms.